The lowest BCUT2D eigenvalue weighted by Gasteiger charge is -2.36. The molecule has 0 N–H and O–H groups in total. The molecule has 3 aromatic carbocycles. The smallest absolute Gasteiger partial charge is 0.253 e. The van der Waals surface area contributed by atoms with E-state index in [-0.39, 0.29) is 17.5 Å². The second-order valence-corrected chi connectivity index (χ2v) is 8.14. The molecule has 1 saturated heterocycles. The topological polar surface area (TPSA) is 57.7 Å². The van der Waals surface area contributed by atoms with Gasteiger partial charge in [-0.25, -0.2) is 4.39 Å². The van der Waals surface area contributed by atoms with Gasteiger partial charge in [-0.1, -0.05) is 30.3 Å². The number of fused-ring (bicyclic) bond motifs is 3. The number of hydrogen-bond donors (Lipinski definition) is 0. The van der Waals surface area contributed by atoms with Crippen LogP contribution in [0.25, 0.3) is 11.1 Å². The lowest BCUT2D eigenvalue weighted by Crippen LogP contribution is -2.49. The number of Topliss-reactive ketones (excluding diaryl/α,β-unsaturated/α-hetero) is 1. The summed E-state index contributed by atoms with van der Waals surface area (Å²) in [6, 6.07) is 17.3. The summed E-state index contributed by atoms with van der Waals surface area (Å²) in [5, 5.41) is 0. The number of amides is 1. The minimum absolute atomic E-state index is 0.0560. The molecule has 1 aliphatic heterocycles. The van der Waals surface area contributed by atoms with Crippen molar-refractivity contribution in [1.29, 1.82) is 0 Å². The summed E-state index contributed by atoms with van der Waals surface area (Å²) in [5.74, 6) is -0.806. The molecule has 32 heavy (non-hydrogen) atoms. The lowest BCUT2D eigenvalue weighted by atomic mass is 10.0. The molecule has 0 spiro atoms. The van der Waals surface area contributed by atoms with Crippen molar-refractivity contribution < 1.29 is 18.8 Å². The number of ketones is 2. The Bertz CT molecular complexity index is 1280. The van der Waals surface area contributed by atoms with Gasteiger partial charge in [-0.15, -0.1) is 0 Å². The largest absolute Gasteiger partial charge is 0.366 e. The molecule has 1 heterocycles. The van der Waals surface area contributed by atoms with E-state index in [1.165, 1.54) is 13.0 Å². The Morgan fingerprint density at radius 3 is 2.12 bits per heavy atom. The molecule has 5 rings (SSSR count). The van der Waals surface area contributed by atoms with E-state index in [0.29, 0.717) is 54.1 Å². The van der Waals surface area contributed by atoms with E-state index >= 15 is 0 Å². The SMILES string of the molecule is CC(=O)c1ccc(N2CCN(C(=O)c3ccc4c(c3)C(=O)c3ccccc3-4)CC2)c(F)c1. The third-order valence-electron chi connectivity index (χ3n) is 6.23. The summed E-state index contributed by atoms with van der Waals surface area (Å²) in [7, 11) is 0. The fourth-order valence-electron chi connectivity index (χ4n) is 4.48. The summed E-state index contributed by atoms with van der Waals surface area (Å²) < 4.78 is 14.5. The molecule has 1 amide bonds. The van der Waals surface area contributed by atoms with Gasteiger partial charge in [0, 0.05) is 48.4 Å². The van der Waals surface area contributed by atoms with Crippen LogP contribution < -0.4 is 4.90 Å². The van der Waals surface area contributed by atoms with Crippen LogP contribution >= 0.6 is 0 Å². The molecule has 6 heteroatoms. The highest BCUT2D eigenvalue weighted by molar-refractivity contribution is 6.22. The number of benzene rings is 3. The number of hydrogen-bond acceptors (Lipinski definition) is 4. The molecule has 1 fully saturated rings. The Hall–Kier alpha value is -3.80. The van der Waals surface area contributed by atoms with E-state index in [4.69, 9.17) is 0 Å². The fraction of sp³-hybridized carbons (Fsp3) is 0.192. The predicted octanol–water partition coefficient (Wildman–Crippen LogP) is 4.20. The number of rotatable bonds is 3. The Balaban J connectivity index is 1.31. The van der Waals surface area contributed by atoms with Gasteiger partial charge in [-0.2, -0.15) is 0 Å². The molecule has 0 radical (unpaired) electrons. The van der Waals surface area contributed by atoms with Crippen LogP contribution in [-0.4, -0.2) is 48.6 Å². The Morgan fingerprint density at radius 1 is 0.781 bits per heavy atom. The fourth-order valence-corrected chi connectivity index (χ4v) is 4.48. The van der Waals surface area contributed by atoms with Crippen LogP contribution in [0.3, 0.4) is 0 Å². The highest BCUT2D eigenvalue weighted by Gasteiger charge is 2.29. The van der Waals surface area contributed by atoms with Gasteiger partial charge in [0.1, 0.15) is 5.82 Å². The molecule has 0 saturated carbocycles. The number of halogens is 1. The van der Waals surface area contributed by atoms with Gasteiger partial charge in [0.05, 0.1) is 5.69 Å². The van der Waals surface area contributed by atoms with Crippen LogP contribution in [0.4, 0.5) is 10.1 Å². The summed E-state index contributed by atoms with van der Waals surface area (Å²) in [6.45, 7) is 3.26. The first-order valence-corrected chi connectivity index (χ1v) is 10.6. The number of anilines is 1. The van der Waals surface area contributed by atoms with Gasteiger partial charge in [-0.3, -0.25) is 14.4 Å². The van der Waals surface area contributed by atoms with Crippen molar-refractivity contribution in [2.75, 3.05) is 31.1 Å². The van der Waals surface area contributed by atoms with E-state index in [1.54, 1.807) is 35.2 Å². The first-order chi connectivity index (χ1) is 15.4. The van der Waals surface area contributed by atoms with Crippen molar-refractivity contribution >= 4 is 23.2 Å². The van der Waals surface area contributed by atoms with Crippen LogP contribution in [0, 0.1) is 5.82 Å². The lowest BCUT2D eigenvalue weighted by molar-refractivity contribution is 0.0746. The van der Waals surface area contributed by atoms with Gasteiger partial charge in [-0.05, 0) is 48.4 Å². The Morgan fingerprint density at radius 2 is 1.44 bits per heavy atom. The summed E-state index contributed by atoms with van der Waals surface area (Å²) in [4.78, 5) is 40.9. The highest BCUT2D eigenvalue weighted by Crippen LogP contribution is 2.37. The van der Waals surface area contributed by atoms with Crippen molar-refractivity contribution in [3.63, 3.8) is 0 Å². The van der Waals surface area contributed by atoms with Crippen LogP contribution in [0.2, 0.25) is 0 Å². The second kappa shape index (κ2) is 7.71. The van der Waals surface area contributed by atoms with Crippen molar-refractivity contribution in [3.8, 4) is 11.1 Å². The summed E-state index contributed by atoms with van der Waals surface area (Å²) >= 11 is 0. The standard InChI is InChI=1S/C26H21FN2O3/c1-16(30)17-7-9-24(23(27)15-17)28-10-12-29(13-11-28)26(32)18-6-8-20-19-4-2-3-5-21(19)25(31)22(20)14-18/h2-9,14-15H,10-13H2,1H3. The van der Waals surface area contributed by atoms with Crippen LogP contribution in [0.1, 0.15) is 43.6 Å². The van der Waals surface area contributed by atoms with Crippen molar-refractivity contribution in [3.05, 3.63) is 88.7 Å². The average Bonchev–Trinajstić information content (AvgIpc) is 3.10. The van der Waals surface area contributed by atoms with E-state index in [0.717, 1.165) is 11.1 Å². The number of carbonyl (C=O) groups excluding carboxylic acids is 3. The molecule has 0 atom stereocenters. The van der Waals surface area contributed by atoms with Gasteiger partial charge < -0.3 is 9.80 Å². The molecule has 160 valence electrons. The molecule has 0 bridgehead atoms. The number of piperazine rings is 1. The van der Waals surface area contributed by atoms with Crippen LogP contribution in [0.5, 0.6) is 0 Å². The number of nitrogens with zero attached hydrogens (tertiary/aromatic N) is 2. The van der Waals surface area contributed by atoms with Crippen LogP contribution in [-0.2, 0) is 0 Å². The molecule has 1 aliphatic carbocycles. The normalized spacial score (nSPS) is 14.9. The predicted molar refractivity (Wildman–Crippen MR) is 120 cm³/mol. The highest BCUT2D eigenvalue weighted by atomic mass is 19.1. The first kappa shape index (κ1) is 20.1. The minimum atomic E-state index is -0.436. The summed E-state index contributed by atoms with van der Waals surface area (Å²) in [6.07, 6.45) is 0. The average molecular weight is 428 g/mol. The molecule has 0 aromatic heterocycles. The van der Waals surface area contributed by atoms with Crippen LogP contribution in [0.15, 0.2) is 60.7 Å². The van der Waals surface area contributed by atoms with Crippen molar-refractivity contribution in [2.45, 2.75) is 6.92 Å². The van der Waals surface area contributed by atoms with Crippen molar-refractivity contribution in [2.24, 2.45) is 0 Å². The minimum Gasteiger partial charge on any atom is -0.366 e. The van der Waals surface area contributed by atoms with Gasteiger partial charge in [0.25, 0.3) is 5.91 Å². The van der Waals surface area contributed by atoms with E-state index in [1.807, 2.05) is 29.2 Å². The zero-order valence-corrected chi connectivity index (χ0v) is 17.6. The molecule has 2 aliphatic rings. The molecule has 3 aromatic rings. The third kappa shape index (κ3) is 3.28. The quantitative estimate of drug-likeness (QED) is 0.459. The van der Waals surface area contributed by atoms with Gasteiger partial charge in [0.15, 0.2) is 11.6 Å². The van der Waals surface area contributed by atoms with E-state index < -0.39 is 5.82 Å². The summed E-state index contributed by atoms with van der Waals surface area (Å²) in [5.41, 5.74) is 4.24. The third-order valence-corrected chi connectivity index (χ3v) is 6.23. The Kier molecular flexibility index (Phi) is 4.85. The van der Waals surface area contributed by atoms with Gasteiger partial charge >= 0.3 is 0 Å². The van der Waals surface area contributed by atoms with Gasteiger partial charge in [0.2, 0.25) is 0 Å². The maximum Gasteiger partial charge on any atom is 0.253 e. The first-order valence-electron chi connectivity index (χ1n) is 10.6. The molecule has 0 unspecified atom stereocenters. The maximum absolute atomic E-state index is 14.5. The monoisotopic (exact) mass is 428 g/mol. The second-order valence-electron chi connectivity index (χ2n) is 8.14. The zero-order chi connectivity index (χ0) is 22.4. The molecule has 5 nitrogen and oxygen atoms in total. The van der Waals surface area contributed by atoms with E-state index in [2.05, 4.69) is 0 Å². The molecular weight excluding hydrogens is 407 g/mol. The zero-order valence-electron chi connectivity index (χ0n) is 17.6. The Labute approximate surface area is 185 Å². The van der Waals surface area contributed by atoms with Crippen molar-refractivity contribution in [1.82, 2.24) is 4.90 Å². The maximum atomic E-state index is 14.5. The number of carbonyl (C=O) groups is 3. The molecular formula is C26H21FN2O3. The van der Waals surface area contributed by atoms with E-state index in [9.17, 15) is 18.8 Å².